The van der Waals surface area contributed by atoms with E-state index in [1.165, 1.54) is 28.6 Å². The van der Waals surface area contributed by atoms with E-state index in [2.05, 4.69) is 0 Å². The van der Waals surface area contributed by atoms with Crippen LogP contribution < -0.4 is 10.0 Å². The Morgan fingerprint density at radius 2 is 1.74 bits per heavy atom. The molecule has 34 heavy (non-hydrogen) atoms. The molecule has 2 aliphatic heterocycles. The lowest BCUT2D eigenvalue weighted by Gasteiger charge is -2.38. The highest BCUT2D eigenvalue weighted by molar-refractivity contribution is 7.96. The average molecular weight is 474 g/mol. The van der Waals surface area contributed by atoms with Crippen LogP contribution in [0.1, 0.15) is 28.2 Å². The molecule has 5 rings (SSSR count). The zero-order valence-corrected chi connectivity index (χ0v) is 19.0. The molecule has 0 bridgehead atoms. The first-order chi connectivity index (χ1) is 16.3. The van der Waals surface area contributed by atoms with Crippen molar-refractivity contribution in [1.29, 1.82) is 5.26 Å². The molecule has 0 fully saturated rings. The summed E-state index contributed by atoms with van der Waals surface area (Å²) >= 11 is 0. The molecule has 0 saturated heterocycles. The number of nitriles is 1. The number of nitrogens with two attached hydrogens (primary N) is 1. The summed E-state index contributed by atoms with van der Waals surface area (Å²) in [4.78, 5) is -0.0860. The Balaban J connectivity index is 1.77. The summed E-state index contributed by atoms with van der Waals surface area (Å²) < 4.78 is 49.2. The van der Waals surface area contributed by atoms with Gasteiger partial charge in [0.1, 0.15) is 22.4 Å². The minimum absolute atomic E-state index is 0.0378. The minimum Gasteiger partial charge on any atom is -0.439 e. The third-order valence-corrected chi connectivity index (χ3v) is 8.02. The molecule has 0 aromatic heterocycles. The molecule has 6 nitrogen and oxygen atoms in total. The van der Waals surface area contributed by atoms with Crippen molar-refractivity contribution >= 4 is 21.5 Å². The van der Waals surface area contributed by atoms with Crippen LogP contribution in [0.3, 0.4) is 0 Å². The Morgan fingerprint density at radius 1 is 1.06 bits per heavy atom. The molecule has 0 aliphatic carbocycles. The van der Waals surface area contributed by atoms with Gasteiger partial charge in [0, 0.05) is 5.56 Å². The molecular weight excluding hydrogens is 453 g/mol. The van der Waals surface area contributed by atoms with Crippen LogP contribution in [0.2, 0.25) is 0 Å². The molecule has 3 aromatic carbocycles. The van der Waals surface area contributed by atoms with E-state index in [1.54, 1.807) is 24.3 Å². The van der Waals surface area contributed by atoms with Gasteiger partial charge in [0.15, 0.2) is 5.76 Å². The fourth-order valence-corrected chi connectivity index (χ4v) is 6.31. The number of halogens is 1. The molecule has 0 spiro atoms. The normalized spacial score (nSPS) is 18.6. The standard InChI is InChI=1S/C26H20FN3O3S/c1-16-6-2-3-7-18(16)15-30-22-9-5-4-8-20(22)24-25(34(30,31)32)23(21(14-28)26(29)33-24)17-10-12-19(27)13-11-17/h2-13,23H,15,29H2,1H3/t23-/m1/s1. The van der Waals surface area contributed by atoms with Crippen LogP contribution in [0.5, 0.6) is 0 Å². The zero-order chi connectivity index (χ0) is 24.0. The number of allylic oxidation sites excluding steroid dienone is 2. The van der Waals surface area contributed by atoms with Crippen LogP contribution in [-0.2, 0) is 21.3 Å². The highest BCUT2D eigenvalue weighted by atomic mass is 32.2. The Hall–Kier alpha value is -4.09. The van der Waals surface area contributed by atoms with Crippen molar-refractivity contribution in [3.05, 3.63) is 117 Å². The lowest BCUT2D eigenvalue weighted by atomic mass is 9.88. The number of hydrogen-bond donors (Lipinski definition) is 1. The summed E-state index contributed by atoms with van der Waals surface area (Å²) in [7, 11) is -4.17. The van der Waals surface area contributed by atoms with Crippen molar-refractivity contribution in [2.75, 3.05) is 4.31 Å². The van der Waals surface area contributed by atoms with Gasteiger partial charge in [-0.25, -0.2) is 12.8 Å². The summed E-state index contributed by atoms with van der Waals surface area (Å²) in [6, 6.07) is 21.9. The second-order valence-electron chi connectivity index (χ2n) is 8.13. The number of sulfonamides is 1. The van der Waals surface area contributed by atoms with Crippen LogP contribution in [0.15, 0.2) is 89.2 Å². The van der Waals surface area contributed by atoms with Crippen LogP contribution in [-0.4, -0.2) is 8.42 Å². The molecule has 2 N–H and O–H groups in total. The number of benzene rings is 3. The Labute approximate surface area is 197 Å². The van der Waals surface area contributed by atoms with Crippen molar-refractivity contribution in [3.63, 3.8) is 0 Å². The highest BCUT2D eigenvalue weighted by Gasteiger charge is 2.47. The van der Waals surface area contributed by atoms with E-state index in [-0.39, 0.29) is 28.7 Å². The van der Waals surface area contributed by atoms with Crippen molar-refractivity contribution in [3.8, 4) is 6.07 Å². The number of rotatable bonds is 3. The maximum absolute atomic E-state index is 14.2. The maximum Gasteiger partial charge on any atom is 0.265 e. The fraction of sp³-hybridized carbons (Fsp3) is 0.115. The predicted octanol–water partition coefficient (Wildman–Crippen LogP) is 4.66. The van der Waals surface area contributed by atoms with Gasteiger partial charge in [-0.3, -0.25) is 4.31 Å². The molecule has 0 saturated carbocycles. The highest BCUT2D eigenvalue weighted by Crippen LogP contribution is 2.51. The molecule has 0 amide bonds. The summed E-state index contributed by atoms with van der Waals surface area (Å²) in [5.74, 6) is -1.60. The first-order valence-electron chi connectivity index (χ1n) is 10.6. The van der Waals surface area contributed by atoms with Gasteiger partial charge in [-0.15, -0.1) is 0 Å². The molecule has 3 aromatic rings. The smallest absolute Gasteiger partial charge is 0.265 e. The fourth-order valence-electron chi connectivity index (χ4n) is 4.41. The van der Waals surface area contributed by atoms with E-state index in [0.29, 0.717) is 16.8 Å². The number of nitrogens with zero attached hydrogens (tertiary/aromatic N) is 2. The lowest BCUT2D eigenvalue weighted by molar-refractivity contribution is 0.357. The number of fused-ring (bicyclic) bond motifs is 2. The van der Waals surface area contributed by atoms with Gasteiger partial charge in [0.05, 0.1) is 18.2 Å². The number of aryl methyl sites for hydroxylation is 1. The number of hydrogen-bond acceptors (Lipinski definition) is 5. The van der Waals surface area contributed by atoms with E-state index >= 15 is 0 Å². The quantitative estimate of drug-likeness (QED) is 0.597. The first kappa shape index (κ1) is 21.7. The number of ether oxygens (including phenoxy) is 1. The van der Waals surface area contributed by atoms with Crippen LogP contribution in [0, 0.1) is 24.1 Å². The van der Waals surface area contributed by atoms with Crippen molar-refractivity contribution in [2.45, 2.75) is 19.4 Å². The molecule has 1 atom stereocenters. The lowest BCUT2D eigenvalue weighted by Crippen LogP contribution is -2.39. The topological polar surface area (TPSA) is 96.4 Å². The van der Waals surface area contributed by atoms with Gasteiger partial charge in [-0.1, -0.05) is 48.5 Å². The van der Waals surface area contributed by atoms with Crippen LogP contribution >= 0.6 is 0 Å². The summed E-state index contributed by atoms with van der Waals surface area (Å²) in [6.45, 7) is 2.02. The van der Waals surface area contributed by atoms with Crippen LogP contribution in [0.4, 0.5) is 10.1 Å². The maximum atomic E-state index is 14.2. The molecule has 2 aliphatic rings. The summed E-state index contributed by atoms with van der Waals surface area (Å²) in [6.07, 6.45) is 0. The predicted molar refractivity (Wildman–Crippen MR) is 127 cm³/mol. The number of para-hydroxylation sites is 1. The van der Waals surface area contributed by atoms with Gasteiger partial charge < -0.3 is 10.5 Å². The average Bonchev–Trinajstić information content (AvgIpc) is 2.82. The van der Waals surface area contributed by atoms with Gasteiger partial charge in [-0.05, 0) is 47.9 Å². The van der Waals surface area contributed by atoms with E-state index in [9.17, 15) is 18.1 Å². The van der Waals surface area contributed by atoms with Crippen molar-refractivity contribution < 1.29 is 17.5 Å². The van der Waals surface area contributed by atoms with Crippen LogP contribution in [0.25, 0.3) is 5.76 Å². The molecule has 0 radical (unpaired) electrons. The van der Waals surface area contributed by atoms with Gasteiger partial charge in [0.2, 0.25) is 5.88 Å². The molecule has 0 unspecified atom stereocenters. The Bertz CT molecular complexity index is 1520. The molecule has 8 heteroatoms. The molecular formula is C26H20FN3O3S. The minimum atomic E-state index is -4.17. The first-order valence-corrected chi connectivity index (χ1v) is 12.0. The Kier molecular flexibility index (Phi) is 5.14. The Morgan fingerprint density at radius 3 is 2.44 bits per heavy atom. The van der Waals surface area contributed by atoms with Gasteiger partial charge in [-0.2, -0.15) is 5.26 Å². The van der Waals surface area contributed by atoms with E-state index in [1.807, 2.05) is 37.3 Å². The van der Waals surface area contributed by atoms with Gasteiger partial charge in [0.25, 0.3) is 10.0 Å². The van der Waals surface area contributed by atoms with E-state index in [0.717, 1.165) is 11.1 Å². The second-order valence-corrected chi connectivity index (χ2v) is 9.96. The second kappa shape index (κ2) is 8.04. The van der Waals surface area contributed by atoms with E-state index in [4.69, 9.17) is 10.5 Å². The largest absolute Gasteiger partial charge is 0.439 e. The summed E-state index contributed by atoms with van der Waals surface area (Å²) in [5, 5.41) is 9.87. The van der Waals surface area contributed by atoms with Crippen molar-refractivity contribution in [1.82, 2.24) is 0 Å². The molecule has 170 valence electrons. The van der Waals surface area contributed by atoms with Gasteiger partial charge >= 0.3 is 0 Å². The third-order valence-electron chi connectivity index (χ3n) is 6.14. The summed E-state index contributed by atoms with van der Waals surface area (Å²) in [5.41, 5.74) is 9.28. The SMILES string of the molecule is Cc1ccccc1CN1c2ccccc2C2=C([C@H](c3ccc(F)cc3)C(C#N)=C(N)O2)S1(=O)=O. The molecule has 2 heterocycles. The van der Waals surface area contributed by atoms with Crippen molar-refractivity contribution in [2.24, 2.45) is 5.73 Å². The van der Waals surface area contributed by atoms with E-state index < -0.39 is 21.8 Å². The monoisotopic (exact) mass is 473 g/mol. The third kappa shape index (κ3) is 3.33. The number of anilines is 1. The zero-order valence-electron chi connectivity index (χ0n) is 18.2.